The van der Waals surface area contributed by atoms with Crippen LogP contribution in [0.3, 0.4) is 0 Å². The first kappa shape index (κ1) is 11.2. The van der Waals surface area contributed by atoms with Gasteiger partial charge in [0.05, 0.1) is 10.8 Å². The molecular formula is C13H8O6. The molecule has 6 heteroatoms. The van der Waals surface area contributed by atoms with Gasteiger partial charge in [0.2, 0.25) is 0 Å². The lowest BCUT2D eigenvalue weighted by atomic mass is 10.1. The van der Waals surface area contributed by atoms with Gasteiger partial charge in [-0.1, -0.05) is 0 Å². The van der Waals surface area contributed by atoms with Gasteiger partial charge in [0.25, 0.3) is 0 Å². The molecule has 0 saturated carbocycles. The number of hydrogen-bond acceptors (Lipinski definition) is 6. The van der Waals surface area contributed by atoms with E-state index in [1.165, 1.54) is 6.07 Å². The molecular weight excluding hydrogens is 252 g/mol. The normalized spacial score (nSPS) is 11.2. The summed E-state index contributed by atoms with van der Waals surface area (Å²) in [7, 11) is 0. The lowest BCUT2D eigenvalue weighted by molar-refractivity contribution is 0.404. The molecule has 0 aliphatic carbocycles. The van der Waals surface area contributed by atoms with Crippen molar-refractivity contribution in [3.63, 3.8) is 0 Å². The van der Waals surface area contributed by atoms with Crippen molar-refractivity contribution in [3.8, 4) is 23.0 Å². The summed E-state index contributed by atoms with van der Waals surface area (Å²) in [6, 6.07) is 4.48. The highest BCUT2D eigenvalue weighted by Crippen LogP contribution is 2.37. The highest BCUT2D eigenvalue weighted by Gasteiger charge is 2.14. The summed E-state index contributed by atoms with van der Waals surface area (Å²) in [6.45, 7) is 0. The first-order valence-electron chi connectivity index (χ1n) is 5.32. The molecule has 0 bridgehead atoms. The van der Waals surface area contributed by atoms with E-state index < -0.39 is 17.1 Å². The van der Waals surface area contributed by atoms with Gasteiger partial charge in [-0.2, -0.15) is 0 Å². The molecule has 0 amide bonds. The molecule has 0 unspecified atom stereocenters. The van der Waals surface area contributed by atoms with Crippen LogP contribution in [0.5, 0.6) is 23.0 Å². The van der Waals surface area contributed by atoms with E-state index in [2.05, 4.69) is 0 Å². The van der Waals surface area contributed by atoms with Gasteiger partial charge in [-0.3, -0.25) is 0 Å². The van der Waals surface area contributed by atoms with Crippen LogP contribution in [0.25, 0.3) is 21.7 Å². The Hall–Kier alpha value is -2.89. The molecule has 3 rings (SSSR count). The predicted molar refractivity (Wildman–Crippen MR) is 66.6 cm³/mol. The second-order valence-corrected chi connectivity index (χ2v) is 4.11. The second-order valence-electron chi connectivity index (χ2n) is 4.11. The van der Waals surface area contributed by atoms with Gasteiger partial charge < -0.3 is 24.8 Å². The molecule has 0 spiro atoms. The Balaban J connectivity index is 2.66. The summed E-state index contributed by atoms with van der Waals surface area (Å²) in [5, 5.41) is 38.5. The predicted octanol–water partition coefficient (Wildman–Crippen LogP) is 1.77. The van der Waals surface area contributed by atoms with Crippen molar-refractivity contribution in [3.05, 3.63) is 34.7 Å². The van der Waals surface area contributed by atoms with E-state index in [-0.39, 0.29) is 33.2 Å². The van der Waals surface area contributed by atoms with Crippen LogP contribution < -0.4 is 5.63 Å². The third kappa shape index (κ3) is 1.54. The van der Waals surface area contributed by atoms with Gasteiger partial charge in [-0.05, 0) is 12.1 Å². The molecule has 0 radical (unpaired) electrons. The number of hydrogen-bond donors (Lipinski definition) is 4. The van der Waals surface area contributed by atoms with Crippen molar-refractivity contribution in [2.24, 2.45) is 0 Å². The van der Waals surface area contributed by atoms with Crippen molar-refractivity contribution < 1.29 is 24.8 Å². The zero-order chi connectivity index (χ0) is 13.7. The van der Waals surface area contributed by atoms with Gasteiger partial charge in [-0.15, -0.1) is 0 Å². The van der Waals surface area contributed by atoms with E-state index in [1.54, 1.807) is 0 Å². The summed E-state index contributed by atoms with van der Waals surface area (Å²) < 4.78 is 4.96. The largest absolute Gasteiger partial charge is 0.508 e. The maximum absolute atomic E-state index is 11.8. The van der Waals surface area contributed by atoms with Gasteiger partial charge in [0.1, 0.15) is 17.1 Å². The fraction of sp³-hybridized carbons (Fsp3) is 0. The average molecular weight is 260 g/mol. The summed E-state index contributed by atoms with van der Waals surface area (Å²) in [5.74, 6) is -1.44. The summed E-state index contributed by atoms with van der Waals surface area (Å²) >= 11 is 0. The minimum atomic E-state index is -0.747. The molecule has 1 heterocycles. The van der Waals surface area contributed by atoms with Gasteiger partial charge >= 0.3 is 5.63 Å². The first-order valence-corrected chi connectivity index (χ1v) is 5.32. The van der Waals surface area contributed by atoms with E-state index in [0.717, 1.165) is 18.2 Å². The first-order chi connectivity index (χ1) is 8.97. The molecule has 6 nitrogen and oxygen atoms in total. The summed E-state index contributed by atoms with van der Waals surface area (Å²) in [5.41, 5.74) is -0.761. The Labute approximate surface area is 105 Å². The van der Waals surface area contributed by atoms with Gasteiger partial charge in [-0.25, -0.2) is 4.79 Å². The van der Waals surface area contributed by atoms with Gasteiger partial charge in [0, 0.05) is 17.5 Å². The number of fused-ring (bicyclic) bond motifs is 3. The van der Waals surface area contributed by atoms with Crippen LogP contribution in [0, 0.1) is 0 Å². The molecule has 0 atom stereocenters. The van der Waals surface area contributed by atoms with Crippen LogP contribution in [0.1, 0.15) is 0 Å². The molecule has 19 heavy (non-hydrogen) atoms. The minimum absolute atomic E-state index is 0.0138. The Morgan fingerprint density at radius 3 is 2.11 bits per heavy atom. The third-order valence-electron chi connectivity index (χ3n) is 2.87. The van der Waals surface area contributed by atoms with Crippen LogP contribution >= 0.6 is 0 Å². The molecule has 3 aromatic rings. The SMILES string of the molecule is O=c1oc2cc(O)cc(O)c2c2cc(O)c(O)cc12. The second kappa shape index (κ2) is 3.55. The van der Waals surface area contributed by atoms with Crippen LogP contribution in [0.2, 0.25) is 0 Å². The van der Waals surface area contributed by atoms with Crippen LogP contribution in [-0.2, 0) is 0 Å². The Morgan fingerprint density at radius 1 is 0.789 bits per heavy atom. The zero-order valence-electron chi connectivity index (χ0n) is 9.41. The fourth-order valence-electron chi connectivity index (χ4n) is 2.05. The van der Waals surface area contributed by atoms with E-state index in [1.807, 2.05) is 0 Å². The van der Waals surface area contributed by atoms with E-state index >= 15 is 0 Å². The monoisotopic (exact) mass is 260 g/mol. The quantitative estimate of drug-likeness (QED) is 0.278. The molecule has 96 valence electrons. The smallest absolute Gasteiger partial charge is 0.344 e. The molecule has 0 aliphatic heterocycles. The number of aromatic hydroxyl groups is 4. The third-order valence-corrected chi connectivity index (χ3v) is 2.87. The summed E-state index contributed by atoms with van der Waals surface area (Å²) in [4.78, 5) is 11.8. The highest BCUT2D eigenvalue weighted by molar-refractivity contribution is 6.08. The molecule has 2 aromatic carbocycles. The van der Waals surface area contributed by atoms with Crippen molar-refractivity contribution in [2.75, 3.05) is 0 Å². The van der Waals surface area contributed by atoms with Crippen molar-refractivity contribution in [1.29, 1.82) is 0 Å². The number of rotatable bonds is 0. The molecule has 0 aliphatic rings. The van der Waals surface area contributed by atoms with Crippen LogP contribution in [-0.4, -0.2) is 20.4 Å². The minimum Gasteiger partial charge on any atom is -0.508 e. The lowest BCUT2D eigenvalue weighted by Crippen LogP contribution is -1.99. The highest BCUT2D eigenvalue weighted by atomic mass is 16.4. The zero-order valence-corrected chi connectivity index (χ0v) is 9.41. The number of benzene rings is 2. The lowest BCUT2D eigenvalue weighted by Gasteiger charge is -2.06. The molecule has 0 fully saturated rings. The Bertz CT molecular complexity index is 878. The Morgan fingerprint density at radius 2 is 1.42 bits per heavy atom. The molecule has 4 N–H and O–H groups in total. The van der Waals surface area contributed by atoms with E-state index in [4.69, 9.17) is 4.42 Å². The maximum atomic E-state index is 11.8. The standard InChI is InChI=1S/C13H8O6/c14-5-1-10(17)12-6-3-8(15)9(16)4-7(6)13(18)19-11(12)2-5/h1-4,14-17H. The van der Waals surface area contributed by atoms with Crippen molar-refractivity contribution in [1.82, 2.24) is 0 Å². The van der Waals surface area contributed by atoms with Gasteiger partial charge in [0.15, 0.2) is 11.5 Å². The van der Waals surface area contributed by atoms with E-state index in [9.17, 15) is 25.2 Å². The summed E-state index contributed by atoms with van der Waals surface area (Å²) in [6.07, 6.45) is 0. The topological polar surface area (TPSA) is 111 Å². The number of phenolic OH excluding ortho intramolecular Hbond substituents is 4. The maximum Gasteiger partial charge on any atom is 0.344 e. The van der Waals surface area contributed by atoms with E-state index in [0.29, 0.717) is 0 Å². The molecule has 1 aromatic heterocycles. The van der Waals surface area contributed by atoms with Crippen LogP contribution in [0.4, 0.5) is 0 Å². The molecule has 0 saturated heterocycles. The fourth-order valence-corrected chi connectivity index (χ4v) is 2.05. The van der Waals surface area contributed by atoms with Crippen molar-refractivity contribution in [2.45, 2.75) is 0 Å². The van der Waals surface area contributed by atoms with Crippen molar-refractivity contribution >= 4 is 21.7 Å². The number of phenols is 4. The van der Waals surface area contributed by atoms with Crippen LogP contribution in [0.15, 0.2) is 33.5 Å². The average Bonchev–Trinajstić information content (AvgIpc) is 2.31. The Kier molecular flexibility index (Phi) is 2.10.